The summed E-state index contributed by atoms with van der Waals surface area (Å²) >= 11 is 13.0. The topological polar surface area (TPSA) is 65.3 Å². The van der Waals surface area contributed by atoms with Gasteiger partial charge >= 0.3 is 6.09 Å². The molecule has 0 saturated carbocycles. The first-order valence-electron chi connectivity index (χ1n) is 10.9. The Labute approximate surface area is 210 Å². The second-order valence-electron chi connectivity index (χ2n) is 9.72. The zero-order valence-corrected chi connectivity index (χ0v) is 23.4. The van der Waals surface area contributed by atoms with Crippen LogP contribution in [0, 0.1) is 0 Å². The van der Waals surface area contributed by atoms with Crippen LogP contribution in [0.2, 0.25) is 23.4 Å². The fourth-order valence-corrected chi connectivity index (χ4v) is 6.41. The molecule has 1 saturated heterocycles. The number of fused-ring (bicyclic) bond motifs is 1. The number of rotatable bonds is 7. The van der Waals surface area contributed by atoms with Crippen molar-refractivity contribution in [2.24, 2.45) is 0 Å². The summed E-state index contributed by atoms with van der Waals surface area (Å²) in [4.78, 5) is 20.6. The molecule has 1 fully saturated rings. The summed E-state index contributed by atoms with van der Waals surface area (Å²) in [6.07, 6.45) is 4.76. The fraction of sp³-hybridized carbons (Fsp3) is 0.591. The van der Waals surface area contributed by atoms with Gasteiger partial charge in [-0.1, -0.05) is 33.4 Å². The number of likely N-dealkylation sites (tertiary alicyclic amines) is 1. The van der Waals surface area contributed by atoms with Crippen LogP contribution in [0.4, 0.5) is 4.79 Å². The lowest BCUT2D eigenvalue weighted by Crippen LogP contribution is -2.45. The predicted octanol–water partition coefficient (Wildman–Crippen LogP) is 6.24. The number of carbonyl (C=O) groups excluding carboxylic acids is 1. The minimum atomic E-state index is -2.05. The van der Waals surface area contributed by atoms with E-state index >= 15 is 0 Å². The third-order valence-corrected chi connectivity index (χ3v) is 12.2. The first-order chi connectivity index (χ1) is 15.3. The van der Waals surface area contributed by atoms with Crippen LogP contribution in [0.1, 0.15) is 45.1 Å². The lowest BCUT2D eigenvalue weighted by atomic mass is 10.1. The smallest absolute Gasteiger partial charge is 0.410 e. The van der Waals surface area contributed by atoms with Crippen LogP contribution in [0.5, 0.6) is 0 Å². The highest BCUT2D eigenvalue weighted by atomic mass is 35.5. The van der Waals surface area contributed by atoms with E-state index in [9.17, 15) is 4.79 Å². The number of carbonyl (C=O) groups is 1. The summed E-state index contributed by atoms with van der Waals surface area (Å²) < 4.78 is 20.0. The van der Waals surface area contributed by atoms with Crippen LogP contribution < -0.4 is 0 Å². The van der Waals surface area contributed by atoms with E-state index in [1.165, 1.54) is 11.3 Å². The maximum Gasteiger partial charge on any atom is 0.410 e. The van der Waals surface area contributed by atoms with Gasteiger partial charge in [-0.2, -0.15) is 0 Å². The predicted molar refractivity (Wildman–Crippen MR) is 139 cm³/mol. The number of aromatic nitrogens is 2. The van der Waals surface area contributed by atoms with Gasteiger partial charge in [-0.15, -0.1) is 11.3 Å². The Morgan fingerprint density at radius 3 is 2.76 bits per heavy atom. The van der Waals surface area contributed by atoms with E-state index in [1.54, 1.807) is 28.5 Å². The number of amides is 1. The molecule has 3 rings (SSSR count). The monoisotopic (exact) mass is 529 g/mol. The van der Waals surface area contributed by atoms with Gasteiger partial charge in [0.1, 0.15) is 11.4 Å². The zero-order valence-electron chi connectivity index (χ0n) is 20.0. The second kappa shape index (κ2) is 10.0. The Balaban J connectivity index is 1.95. The number of hydrogen-bond donors (Lipinski definition) is 0. The second-order valence-corrected chi connectivity index (χ2v) is 16.5. The van der Waals surface area contributed by atoms with Crippen LogP contribution in [0.3, 0.4) is 0 Å². The molecular weight excluding hydrogens is 498 g/mol. The summed E-state index contributed by atoms with van der Waals surface area (Å²) in [5, 5.41) is 0.825. The number of nitrogens with zero attached hydrogens (tertiary/aromatic N) is 3. The van der Waals surface area contributed by atoms with E-state index in [1.807, 2.05) is 6.20 Å². The number of hydrogen-bond acceptors (Lipinski definition) is 7. The first kappa shape index (κ1) is 26.1. The number of imidazole rings is 1. The van der Waals surface area contributed by atoms with Gasteiger partial charge in [-0.3, -0.25) is 9.30 Å². The molecule has 182 valence electrons. The van der Waals surface area contributed by atoms with Crippen LogP contribution in [0.15, 0.2) is 25.0 Å². The van der Waals surface area contributed by atoms with Gasteiger partial charge in [-0.05, 0) is 48.4 Å². The maximum atomic E-state index is 13.0. The van der Waals surface area contributed by atoms with Crippen LogP contribution in [-0.4, -0.2) is 59.0 Å². The standard InChI is InChI=1S/C22H32ClN3O4S2Si/c1-8-9-28-21(27)25-12-15(30-33(6,7)22(3,4)5)10-16(25)19(29-14(2)31)17-13-26-18(32-17)11-24-20(26)23/h8,11,13,15-16,19H,1,9-10,12H2,2-7H3/t15-,16+,19?/m1/s1. The maximum absolute atomic E-state index is 13.0. The van der Waals surface area contributed by atoms with E-state index in [4.69, 9.17) is 37.7 Å². The van der Waals surface area contributed by atoms with E-state index in [0.717, 1.165) is 9.71 Å². The molecule has 2 aromatic heterocycles. The van der Waals surface area contributed by atoms with Gasteiger partial charge in [0.05, 0.1) is 23.2 Å². The van der Waals surface area contributed by atoms with E-state index in [-0.39, 0.29) is 23.8 Å². The fourth-order valence-electron chi connectivity index (χ4n) is 3.64. The highest BCUT2D eigenvalue weighted by Gasteiger charge is 2.47. The Morgan fingerprint density at radius 2 is 2.18 bits per heavy atom. The van der Waals surface area contributed by atoms with E-state index < -0.39 is 20.5 Å². The molecule has 1 aliphatic rings. The van der Waals surface area contributed by atoms with Crippen molar-refractivity contribution in [1.82, 2.24) is 14.3 Å². The van der Waals surface area contributed by atoms with Crippen molar-refractivity contribution in [3.05, 3.63) is 35.2 Å². The Morgan fingerprint density at radius 1 is 1.48 bits per heavy atom. The van der Waals surface area contributed by atoms with Gasteiger partial charge in [0.15, 0.2) is 19.5 Å². The van der Waals surface area contributed by atoms with Gasteiger partial charge in [0.2, 0.25) is 5.28 Å². The SMILES string of the molecule is C=CCOC(=O)N1C[C@H](O[Si](C)(C)C(C)(C)C)C[C@H]1C(OC(C)=S)c1cn2c(Cl)ncc2s1. The van der Waals surface area contributed by atoms with Crippen LogP contribution in [0.25, 0.3) is 4.83 Å². The third-order valence-electron chi connectivity index (χ3n) is 6.25. The lowest BCUT2D eigenvalue weighted by Gasteiger charge is -2.38. The molecule has 0 bridgehead atoms. The van der Waals surface area contributed by atoms with Crippen LogP contribution >= 0.6 is 35.2 Å². The third kappa shape index (κ3) is 5.79. The van der Waals surface area contributed by atoms with Gasteiger partial charge < -0.3 is 13.9 Å². The van der Waals surface area contributed by atoms with Crippen molar-refractivity contribution in [2.45, 2.75) is 70.5 Å². The normalized spacial score (nSPS) is 20.2. The molecule has 3 heterocycles. The largest absolute Gasteiger partial charge is 0.476 e. The van der Waals surface area contributed by atoms with Crippen molar-refractivity contribution in [3.63, 3.8) is 0 Å². The van der Waals surface area contributed by atoms with Gasteiger partial charge in [-0.25, -0.2) is 9.78 Å². The Hall–Kier alpha value is -1.46. The van der Waals surface area contributed by atoms with E-state index in [0.29, 0.717) is 23.3 Å². The molecule has 1 unspecified atom stereocenters. The van der Waals surface area contributed by atoms with Crippen molar-refractivity contribution in [1.29, 1.82) is 0 Å². The summed E-state index contributed by atoms with van der Waals surface area (Å²) in [6, 6.07) is -0.315. The molecule has 0 aromatic carbocycles. The molecule has 2 aromatic rings. The lowest BCUT2D eigenvalue weighted by molar-refractivity contribution is 0.0637. The van der Waals surface area contributed by atoms with E-state index in [2.05, 4.69) is 45.4 Å². The summed E-state index contributed by atoms with van der Waals surface area (Å²) in [7, 11) is -2.05. The number of thiocarbonyl (C=S) groups is 1. The molecule has 7 nitrogen and oxygen atoms in total. The molecule has 0 radical (unpaired) electrons. The molecule has 0 aliphatic carbocycles. The number of thiazole rings is 1. The van der Waals surface area contributed by atoms with Gasteiger partial charge in [0.25, 0.3) is 0 Å². The highest BCUT2D eigenvalue weighted by Crippen LogP contribution is 2.42. The minimum absolute atomic E-state index is 0.0528. The summed E-state index contributed by atoms with van der Waals surface area (Å²) in [6.45, 7) is 17.0. The quantitative estimate of drug-likeness (QED) is 0.240. The van der Waals surface area contributed by atoms with Crippen LogP contribution in [-0.2, 0) is 13.9 Å². The van der Waals surface area contributed by atoms with Gasteiger partial charge in [0, 0.05) is 19.7 Å². The Bertz CT molecular complexity index is 1030. The zero-order chi connectivity index (χ0) is 24.6. The molecule has 0 N–H and O–H groups in total. The number of ether oxygens (including phenoxy) is 2. The average Bonchev–Trinajstić information content (AvgIpc) is 3.39. The molecule has 1 aliphatic heterocycles. The average molecular weight is 530 g/mol. The summed E-state index contributed by atoms with van der Waals surface area (Å²) in [5.41, 5.74) is 0. The molecule has 11 heteroatoms. The molecule has 0 spiro atoms. The molecular formula is C22H32ClN3O4S2Si. The van der Waals surface area contributed by atoms with Crippen molar-refractivity contribution < 1.29 is 18.7 Å². The first-order valence-corrected chi connectivity index (χ1v) is 15.4. The number of halogens is 1. The molecule has 1 amide bonds. The van der Waals surface area contributed by atoms with Crippen molar-refractivity contribution in [3.8, 4) is 0 Å². The molecule has 3 atom stereocenters. The van der Waals surface area contributed by atoms with Crippen molar-refractivity contribution in [2.75, 3.05) is 13.2 Å². The van der Waals surface area contributed by atoms with Crippen molar-refractivity contribution >= 4 is 59.4 Å². The Kier molecular flexibility index (Phi) is 7.95. The molecule has 33 heavy (non-hydrogen) atoms. The highest BCUT2D eigenvalue weighted by molar-refractivity contribution is 7.80. The minimum Gasteiger partial charge on any atom is -0.476 e. The summed E-state index contributed by atoms with van der Waals surface area (Å²) in [5.74, 6) is 0.